The van der Waals surface area contributed by atoms with Gasteiger partial charge >= 0.3 is 0 Å². The molecular formula is C29H40N4O3. The molecule has 2 aromatic carbocycles. The molecule has 0 aliphatic rings. The minimum Gasteiger partial charge on any atom is -0.507 e. The Hall–Kier alpha value is -3.35. The smallest absolute Gasteiger partial charge is 0.221 e. The molecule has 0 aliphatic carbocycles. The molecule has 0 saturated carbocycles. The number of phenols is 1. The van der Waals surface area contributed by atoms with E-state index in [1.54, 1.807) is 21.3 Å². The van der Waals surface area contributed by atoms with Crippen LogP contribution in [0.5, 0.6) is 5.75 Å². The molecule has 0 unspecified atom stereocenters. The number of hydrogen-bond donors (Lipinski definition) is 3. The number of carbonyl (C=O) groups excluding carboxylic acids is 2. The molecule has 0 aliphatic heterocycles. The molecule has 1 heterocycles. The number of para-hydroxylation sites is 2. The van der Waals surface area contributed by atoms with Crippen LogP contribution in [0.2, 0.25) is 0 Å². The third-order valence-electron chi connectivity index (χ3n) is 6.46. The third-order valence-corrected chi connectivity index (χ3v) is 6.46. The molecule has 7 nitrogen and oxygen atoms in total. The maximum atomic E-state index is 13.6. The van der Waals surface area contributed by atoms with Crippen molar-refractivity contribution in [2.45, 2.75) is 85.2 Å². The standard InChI is InChI=1S/C29H40N4O3/c1-8-14-31-25(35)13-15-32-22-11-9-10-12-23(22)33(27(32)30)18-24(34)19-16-20(28(2,3)4)26(36)21(17-19)29(5,6)7/h9-12,16-17,30,36H,8,13-15,18H2,1-7H3,(H,31,35). The van der Waals surface area contributed by atoms with Gasteiger partial charge in [0.25, 0.3) is 0 Å². The number of imidazole rings is 1. The Balaban J connectivity index is 2.02. The number of amides is 1. The quantitative estimate of drug-likeness (QED) is 0.385. The van der Waals surface area contributed by atoms with Gasteiger partial charge in [-0.2, -0.15) is 0 Å². The van der Waals surface area contributed by atoms with Crippen molar-refractivity contribution in [1.82, 2.24) is 14.5 Å². The van der Waals surface area contributed by atoms with Gasteiger partial charge in [-0.25, -0.2) is 0 Å². The Morgan fingerprint density at radius 2 is 1.47 bits per heavy atom. The number of aryl methyl sites for hydroxylation is 1. The average molecular weight is 493 g/mol. The lowest BCUT2D eigenvalue weighted by Gasteiger charge is -2.28. The van der Waals surface area contributed by atoms with Gasteiger partial charge in [0, 0.05) is 36.2 Å². The van der Waals surface area contributed by atoms with Gasteiger partial charge in [-0.05, 0) is 41.5 Å². The first-order valence-electron chi connectivity index (χ1n) is 12.7. The normalized spacial score (nSPS) is 12.2. The lowest BCUT2D eigenvalue weighted by Crippen LogP contribution is -2.30. The SMILES string of the molecule is CCCNC(=O)CCn1c(=N)n(CC(=O)c2cc(C(C)(C)C)c(O)c(C(C)(C)C)c2)c2ccccc21. The molecule has 0 bridgehead atoms. The Kier molecular flexibility index (Phi) is 7.82. The molecule has 0 fully saturated rings. The molecule has 3 N–H and O–H groups in total. The molecular weight excluding hydrogens is 452 g/mol. The molecule has 0 atom stereocenters. The third kappa shape index (κ3) is 5.72. The molecule has 36 heavy (non-hydrogen) atoms. The number of hydrogen-bond acceptors (Lipinski definition) is 4. The number of rotatable bonds is 8. The van der Waals surface area contributed by atoms with Crippen molar-refractivity contribution in [2.75, 3.05) is 6.54 Å². The highest BCUT2D eigenvalue weighted by atomic mass is 16.3. The fourth-order valence-corrected chi connectivity index (χ4v) is 4.42. The average Bonchev–Trinajstić information content (AvgIpc) is 3.05. The molecule has 194 valence electrons. The first-order chi connectivity index (χ1) is 16.8. The van der Waals surface area contributed by atoms with Crippen molar-refractivity contribution in [3.8, 4) is 5.75 Å². The van der Waals surface area contributed by atoms with Crippen LogP contribution in [0.25, 0.3) is 11.0 Å². The van der Waals surface area contributed by atoms with Crippen molar-refractivity contribution >= 4 is 22.7 Å². The van der Waals surface area contributed by atoms with Gasteiger partial charge in [-0.3, -0.25) is 15.0 Å². The van der Waals surface area contributed by atoms with E-state index in [9.17, 15) is 14.7 Å². The number of ketones is 1. The van der Waals surface area contributed by atoms with E-state index in [-0.39, 0.29) is 46.9 Å². The molecule has 3 rings (SSSR count). The van der Waals surface area contributed by atoms with Crippen LogP contribution < -0.4 is 10.9 Å². The zero-order valence-electron chi connectivity index (χ0n) is 22.7. The summed E-state index contributed by atoms with van der Waals surface area (Å²) in [4.78, 5) is 25.8. The van der Waals surface area contributed by atoms with Crippen molar-refractivity contribution in [3.63, 3.8) is 0 Å². The van der Waals surface area contributed by atoms with Gasteiger partial charge in [0.05, 0.1) is 17.6 Å². The number of Topliss-reactive ketones (excluding diaryl/α,β-unsaturated/α-hetero) is 1. The molecule has 7 heteroatoms. The van der Waals surface area contributed by atoms with Crippen molar-refractivity contribution < 1.29 is 14.7 Å². The summed E-state index contributed by atoms with van der Waals surface area (Å²) in [6, 6.07) is 11.2. The summed E-state index contributed by atoms with van der Waals surface area (Å²) < 4.78 is 3.48. The van der Waals surface area contributed by atoms with Crippen LogP contribution in [0.15, 0.2) is 36.4 Å². The monoisotopic (exact) mass is 492 g/mol. The van der Waals surface area contributed by atoms with Gasteiger partial charge in [0.2, 0.25) is 11.5 Å². The number of nitrogens with one attached hydrogen (secondary N) is 2. The predicted octanol–water partition coefficient (Wildman–Crippen LogP) is 5.02. The molecule has 0 radical (unpaired) electrons. The van der Waals surface area contributed by atoms with E-state index in [0.29, 0.717) is 18.7 Å². The summed E-state index contributed by atoms with van der Waals surface area (Å²) in [6.07, 6.45) is 1.13. The van der Waals surface area contributed by atoms with Crippen LogP contribution in [0.3, 0.4) is 0 Å². The summed E-state index contributed by atoms with van der Waals surface area (Å²) in [5.74, 6) is 0.0524. The number of aromatic hydroxyl groups is 1. The fourth-order valence-electron chi connectivity index (χ4n) is 4.42. The first kappa shape index (κ1) is 27.2. The molecule has 1 aromatic heterocycles. The predicted molar refractivity (Wildman–Crippen MR) is 144 cm³/mol. The number of benzene rings is 2. The summed E-state index contributed by atoms with van der Waals surface area (Å²) in [6.45, 7) is 15.1. The van der Waals surface area contributed by atoms with E-state index in [1.807, 2.05) is 72.7 Å². The van der Waals surface area contributed by atoms with Gasteiger partial charge in [-0.1, -0.05) is 60.6 Å². The number of nitrogens with zero attached hydrogens (tertiary/aromatic N) is 2. The summed E-state index contributed by atoms with van der Waals surface area (Å²) in [5, 5.41) is 22.7. The minimum atomic E-state index is -0.345. The van der Waals surface area contributed by atoms with E-state index >= 15 is 0 Å². The van der Waals surface area contributed by atoms with Crippen molar-refractivity contribution in [2.24, 2.45) is 0 Å². The first-order valence-corrected chi connectivity index (χ1v) is 12.7. The van der Waals surface area contributed by atoms with Crippen LogP contribution >= 0.6 is 0 Å². The Bertz CT molecular complexity index is 1300. The van der Waals surface area contributed by atoms with Gasteiger partial charge in [0.15, 0.2) is 5.78 Å². The highest BCUT2D eigenvalue weighted by molar-refractivity contribution is 5.97. The Morgan fingerprint density at radius 1 is 0.944 bits per heavy atom. The largest absolute Gasteiger partial charge is 0.507 e. The number of carbonyl (C=O) groups is 2. The number of fused-ring (bicyclic) bond motifs is 1. The van der Waals surface area contributed by atoms with Gasteiger partial charge < -0.3 is 19.6 Å². The Morgan fingerprint density at radius 3 is 1.97 bits per heavy atom. The van der Waals surface area contributed by atoms with Crippen LogP contribution in [-0.2, 0) is 28.7 Å². The fraction of sp³-hybridized carbons (Fsp3) is 0.483. The van der Waals surface area contributed by atoms with E-state index in [1.165, 1.54) is 0 Å². The molecule has 1 amide bonds. The zero-order chi connectivity index (χ0) is 26.8. The second-order valence-corrected chi connectivity index (χ2v) is 11.5. The summed E-state index contributed by atoms with van der Waals surface area (Å²) >= 11 is 0. The van der Waals surface area contributed by atoms with E-state index in [4.69, 9.17) is 5.41 Å². The van der Waals surface area contributed by atoms with Gasteiger partial charge in [0.1, 0.15) is 5.75 Å². The topological polar surface area (TPSA) is 100 Å². The zero-order valence-corrected chi connectivity index (χ0v) is 22.7. The lowest BCUT2D eigenvalue weighted by atomic mass is 9.78. The maximum absolute atomic E-state index is 13.6. The summed E-state index contributed by atoms with van der Waals surface area (Å²) in [7, 11) is 0. The number of aromatic nitrogens is 2. The van der Waals surface area contributed by atoms with Crippen LogP contribution in [0.4, 0.5) is 0 Å². The van der Waals surface area contributed by atoms with E-state index in [2.05, 4.69) is 5.32 Å². The number of phenolic OH excluding ortho intramolecular Hbond substituents is 1. The summed E-state index contributed by atoms with van der Waals surface area (Å²) in [5.41, 5.74) is 3.06. The molecule has 0 spiro atoms. The lowest BCUT2D eigenvalue weighted by molar-refractivity contribution is -0.121. The highest BCUT2D eigenvalue weighted by Crippen LogP contribution is 2.40. The minimum absolute atomic E-state index is 0.00762. The maximum Gasteiger partial charge on any atom is 0.221 e. The second-order valence-electron chi connectivity index (χ2n) is 11.5. The van der Waals surface area contributed by atoms with Crippen molar-refractivity contribution in [3.05, 3.63) is 58.7 Å². The van der Waals surface area contributed by atoms with E-state index in [0.717, 1.165) is 28.6 Å². The van der Waals surface area contributed by atoms with Crippen LogP contribution in [-0.4, -0.2) is 32.5 Å². The van der Waals surface area contributed by atoms with Crippen LogP contribution in [0, 0.1) is 5.41 Å². The van der Waals surface area contributed by atoms with Gasteiger partial charge in [-0.15, -0.1) is 0 Å². The second kappa shape index (κ2) is 10.3. The molecule has 3 aromatic rings. The van der Waals surface area contributed by atoms with Crippen LogP contribution in [0.1, 0.15) is 82.8 Å². The Labute approximate surface area is 213 Å². The highest BCUT2D eigenvalue weighted by Gasteiger charge is 2.28. The molecule has 0 saturated heterocycles. The van der Waals surface area contributed by atoms with E-state index < -0.39 is 0 Å². The van der Waals surface area contributed by atoms with Crippen molar-refractivity contribution in [1.29, 1.82) is 5.41 Å².